The van der Waals surface area contributed by atoms with Crippen LogP contribution >= 0.6 is 11.6 Å². The monoisotopic (exact) mass is 304 g/mol. The summed E-state index contributed by atoms with van der Waals surface area (Å²) in [6.45, 7) is 0.170. The third kappa shape index (κ3) is 2.43. The Morgan fingerprint density at radius 3 is 2.76 bits per heavy atom. The van der Waals surface area contributed by atoms with Crippen molar-refractivity contribution in [2.75, 3.05) is 0 Å². The van der Waals surface area contributed by atoms with Crippen molar-refractivity contribution < 1.29 is 8.78 Å². The summed E-state index contributed by atoms with van der Waals surface area (Å²) in [5, 5.41) is 8.76. The number of fused-ring (bicyclic) bond motifs is 1. The average Bonchev–Trinajstić information content (AvgIpc) is 2.76. The molecule has 0 amide bonds. The Bertz CT molecular complexity index is 865. The van der Waals surface area contributed by atoms with E-state index in [1.54, 1.807) is 12.1 Å². The number of imidazole rings is 1. The first kappa shape index (κ1) is 13.5. The van der Waals surface area contributed by atoms with E-state index in [1.165, 1.54) is 10.8 Å². The van der Waals surface area contributed by atoms with Gasteiger partial charge in [-0.15, -0.1) is 0 Å². The van der Waals surface area contributed by atoms with Gasteiger partial charge in [0.2, 0.25) is 5.28 Å². The molecule has 0 bridgehead atoms. The first-order valence-corrected chi connectivity index (χ1v) is 6.32. The lowest BCUT2D eigenvalue weighted by molar-refractivity contribution is 0.586. The number of halogens is 3. The van der Waals surface area contributed by atoms with Crippen molar-refractivity contribution in [2.24, 2.45) is 0 Å². The Kier molecular flexibility index (Phi) is 3.28. The van der Waals surface area contributed by atoms with Crippen molar-refractivity contribution in [3.8, 4) is 6.07 Å². The molecule has 7 heteroatoms. The van der Waals surface area contributed by atoms with Crippen LogP contribution in [-0.4, -0.2) is 14.5 Å². The number of nitrogens with zero attached hydrogens (tertiary/aromatic N) is 4. The van der Waals surface area contributed by atoms with Gasteiger partial charge < -0.3 is 4.57 Å². The Balaban J connectivity index is 2.07. The normalized spacial score (nSPS) is 10.8. The summed E-state index contributed by atoms with van der Waals surface area (Å²) >= 11 is 5.98. The van der Waals surface area contributed by atoms with Crippen LogP contribution in [0.25, 0.3) is 11.0 Å². The summed E-state index contributed by atoms with van der Waals surface area (Å²) in [5.41, 5.74) is 1.27. The molecule has 0 aliphatic carbocycles. The quantitative estimate of drug-likeness (QED) is 0.730. The van der Waals surface area contributed by atoms with Gasteiger partial charge in [-0.2, -0.15) is 5.26 Å². The van der Waals surface area contributed by atoms with Crippen molar-refractivity contribution in [3.05, 3.63) is 58.6 Å². The maximum absolute atomic E-state index is 13.9. The van der Waals surface area contributed by atoms with E-state index in [2.05, 4.69) is 9.97 Å². The molecule has 0 aliphatic rings. The first-order valence-electron chi connectivity index (χ1n) is 5.94. The molecule has 0 atom stereocenters. The minimum absolute atomic E-state index is 0.0423. The van der Waals surface area contributed by atoms with Crippen LogP contribution < -0.4 is 0 Å². The summed E-state index contributed by atoms with van der Waals surface area (Å²) in [6, 6.07) is 7.10. The van der Waals surface area contributed by atoms with E-state index in [1.807, 2.05) is 6.07 Å². The van der Waals surface area contributed by atoms with E-state index in [9.17, 15) is 8.78 Å². The Morgan fingerprint density at radius 2 is 2.10 bits per heavy atom. The van der Waals surface area contributed by atoms with E-state index in [-0.39, 0.29) is 22.9 Å². The van der Waals surface area contributed by atoms with Crippen LogP contribution in [0.1, 0.15) is 11.3 Å². The molecule has 0 saturated carbocycles. The maximum Gasteiger partial charge on any atom is 0.204 e. The van der Waals surface area contributed by atoms with Crippen molar-refractivity contribution in [2.45, 2.75) is 6.54 Å². The lowest BCUT2D eigenvalue weighted by Gasteiger charge is -2.06. The fourth-order valence-corrected chi connectivity index (χ4v) is 2.28. The minimum Gasteiger partial charge on any atom is -0.306 e. The van der Waals surface area contributed by atoms with Gasteiger partial charge >= 0.3 is 0 Å². The highest BCUT2D eigenvalue weighted by Gasteiger charge is 2.15. The van der Waals surface area contributed by atoms with E-state index in [4.69, 9.17) is 16.9 Å². The molecular weight excluding hydrogens is 298 g/mol. The fraction of sp³-hybridized carbons (Fsp3) is 0.0714. The first-order chi connectivity index (χ1) is 10.1. The highest BCUT2D eigenvalue weighted by Crippen LogP contribution is 2.24. The molecule has 0 saturated heterocycles. The summed E-state index contributed by atoms with van der Waals surface area (Å²) < 4.78 is 28.5. The minimum atomic E-state index is -0.738. The largest absolute Gasteiger partial charge is 0.306 e. The Morgan fingerprint density at radius 1 is 1.29 bits per heavy atom. The van der Waals surface area contributed by atoms with Crippen LogP contribution in [0, 0.1) is 23.0 Å². The van der Waals surface area contributed by atoms with Crippen LogP contribution in [0.3, 0.4) is 0 Å². The molecule has 104 valence electrons. The molecular formula is C14H7ClF2N4. The standard InChI is InChI=1S/C14H7ClF2N4/c15-14-20-12-4-9(16)3-11(17)13(12)21(14)7-10-2-1-8(5-18)6-19-10/h1-4,6H,7H2. The topological polar surface area (TPSA) is 54.5 Å². The average molecular weight is 305 g/mol. The van der Waals surface area contributed by atoms with Crippen molar-refractivity contribution in [1.29, 1.82) is 5.26 Å². The number of rotatable bonds is 2. The second-order valence-electron chi connectivity index (χ2n) is 4.37. The molecule has 0 N–H and O–H groups in total. The van der Waals surface area contributed by atoms with Crippen LogP contribution in [0.4, 0.5) is 8.78 Å². The smallest absolute Gasteiger partial charge is 0.204 e. The predicted octanol–water partition coefficient (Wildman–Crippen LogP) is 3.28. The molecule has 21 heavy (non-hydrogen) atoms. The van der Waals surface area contributed by atoms with Gasteiger partial charge in [-0.25, -0.2) is 13.8 Å². The lowest BCUT2D eigenvalue weighted by Crippen LogP contribution is -2.03. The SMILES string of the molecule is N#Cc1ccc(Cn2c(Cl)nc3cc(F)cc(F)c32)nc1. The zero-order chi connectivity index (χ0) is 15.0. The zero-order valence-corrected chi connectivity index (χ0v) is 11.3. The molecule has 0 unspecified atom stereocenters. The van der Waals surface area contributed by atoms with Crippen molar-refractivity contribution in [3.63, 3.8) is 0 Å². The second-order valence-corrected chi connectivity index (χ2v) is 4.71. The molecule has 3 aromatic rings. The number of hydrogen-bond donors (Lipinski definition) is 0. The Hall–Kier alpha value is -2.52. The summed E-state index contributed by atoms with van der Waals surface area (Å²) in [4.78, 5) is 8.03. The molecule has 0 radical (unpaired) electrons. The van der Waals surface area contributed by atoms with E-state index < -0.39 is 11.6 Å². The van der Waals surface area contributed by atoms with Crippen molar-refractivity contribution >= 4 is 22.6 Å². The highest BCUT2D eigenvalue weighted by atomic mass is 35.5. The van der Waals surface area contributed by atoms with Crippen LogP contribution in [0.15, 0.2) is 30.5 Å². The van der Waals surface area contributed by atoms with E-state index in [0.29, 0.717) is 11.3 Å². The van der Waals surface area contributed by atoms with Crippen LogP contribution in [0.2, 0.25) is 5.28 Å². The lowest BCUT2D eigenvalue weighted by atomic mass is 10.2. The molecule has 0 fully saturated rings. The third-order valence-corrected chi connectivity index (χ3v) is 3.28. The highest BCUT2D eigenvalue weighted by molar-refractivity contribution is 6.29. The van der Waals surface area contributed by atoms with Gasteiger partial charge in [0.1, 0.15) is 17.4 Å². The molecule has 4 nitrogen and oxygen atoms in total. The molecule has 2 aromatic heterocycles. The molecule has 2 heterocycles. The summed E-state index contributed by atoms with van der Waals surface area (Å²) in [7, 11) is 0. The van der Waals surface area contributed by atoms with Gasteiger partial charge in [-0.3, -0.25) is 4.98 Å². The van der Waals surface area contributed by atoms with Crippen molar-refractivity contribution in [1.82, 2.24) is 14.5 Å². The molecule has 0 spiro atoms. The van der Waals surface area contributed by atoms with Gasteiger partial charge in [0, 0.05) is 18.3 Å². The van der Waals surface area contributed by atoms with Gasteiger partial charge in [-0.05, 0) is 23.7 Å². The predicted molar refractivity (Wildman–Crippen MR) is 72.7 cm³/mol. The molecule has 1 aromatic carbocycles. The van der Waals surface area contributed by atoms with Crippen LogP contribution in [-0.2, 0) is 6.54 Å². The number of pyridine rings is 1. The van der Waals surface area contributed by atoms with Gasteiger partial charge in [0.25, 0.3) is 0 Å². The van der Waals surface area contributed by atoms with Crippen LogP contribution in [0.5, 0.6) is 0 Å². The number of aromatic nitrogens is 3. The number of hydrogen-bond acceptors (Lipinski definition) is 3. The Labute approximate surface area is 123 Å². The molecule has 3 rings (SSSR count). The number of benzene rings is 1. The third-order valence-electron chi connectivity index (χ3n) is 2.99. The van der Waals surface area contributed by atoms with Gasteiger partial charge in [0.05, 0.1) is 23.3 Å². The second kappa shape index (κ2) is 5.11. The van der Waals surface area contributed by atoms with E-state index >= 15 is 0 Å². The molecule has 0 aliphatic heterocycles. The van der Waals surface area contributed by atoms with Gasteiger partial charge in [0.15, 0.2) is 5.82 Å². The maximum atomic E-state index is 13.9. The zero-order valence-electron chi connectivity index (χ0n) is 10.5. The number of nitriles is 1. The summed E-state index contributed by atoms with van der Waals surface area (Å²) in [6.07, 6.45) is 1.42. The van der Waals surface area contributed by atoms with Gasteiger partial charge in [-0.1, -0.05) is 0 Å². The van der Waals surface area contributed by atoms with E-state index in [0.717, 1.165) is 12.1 Å². The summed E-state index contributed by atoms with van der Waals surface area (Å²) in [5.74, 6) is -1.45. The fourth-order valence-electron chi connectivity index (χ4n) is 2.05.